The molecule has 0 saturated carbocycles. The Labute approximate surface area is 118 Å². The normalized spacial score (nSPS) is 39.0. The third kappa shape index (κ3) is 2.54. The molecule has 2 aliphatic rings. The molecule has 0 aromatic carbocycles. The minimum absolute atomic E-state index is 0.557. The van der Waals surface area contributed by atoms with Crippen LogP contribution >= 0.6 is 0 Å². The lowest BCUT2D eigenvalue weighted by molar-refractivity contribution is -0.195. The summed E-state index contributed by atoms with van der Waals surface area (Å²) in [5.74, 6) is -0.0445. The van der Waals surface area contributed by atoms with Crippen molar-refractivity contribution in [1.82, 2.24) is 0 Å². The van der Waals surface area contributed by atoms with Crippen LogP contribution in [-0.4, -0.2) is 46.0 Å². The highest BCUT2D eigenvalue weighted by atomic mass is 16.7. The SMILES string of the molecule is CC(C#N)[C@@]1(CO)O[C@H](OC2=CCCCC2)[C@H](O)[C@@H]1O. The molecule has 0 bridgehead atoms. The first-order chi connectivity index (χ1) is 9.55. The summed E-state index contributed by atoms with van der Waals surface area (Å²) in [6, 6.07) is 1.95. The zero-order valence-electron chi connectivity index (χ0n) is 11.5. The van der Waals surface area contributed by atoms with Crippen LogP contribution in [0.4, 0.5) is 0 Å². The van der Waals surface area contributed by atoms with Crippen LogP contribution < -0.4 is 0 Å². The summed E-state index contributed by atoms with van der Waals surface area (Å²) in [4.78, 5) is 0. The zero-order valence-corrected chi connectivity index (χ0v) is 11.5. The van der Waals surface area contributed by atoms with Gasteiger partial charge in [-0.05, 0) is 32.3 Å². The van der Waals surface area contributed by atoms with E-state index in [0.717, 1.165) is 31.4 Å². The van der Waals surface area contributed by atoms with Gasteiger partial charge in [0, 0.05) is 6.42 Å². The summed E-state index contributed by atoms with van der Waals surface area (Å²) < 4.78 is 11.1. The first-order valence-corrected chi connectivity index (χ1v) is 6.95. The van der Waals surface area contributed by atoms with Gasteiger partial charge in [-0.1, -0.05) is 0 Å². The van der Waals surface area contributed by atoms with Crippen molar-refractivity contribution in [2.45, 2.75) is 56.7 Å². The lowest BCUT2D eigenvalue weighted by Gasteiger charge is -2.31. The van der Waals surface area contributed by atoms with Gasteiger partial charge in [0.15, 0.2) is 0 Å². The monoisotopic (exact) mass is 283 g/mol. The lowest BCUT2D eigenvalue weighted by Crippen LogP contribution is -2.50. The maximum absolute atomic E-state index is 10.1. The number of aliphatic hydroxyl groups is 3. The van der Waals surface area contributed by atoms with E-state index in [1.165, 1.54) is 6.92 Å². The average Bonchev–Trinajstić information content (AvgIpc) is 2.73. The highest BCUT2D eigenvalue weighted by molar-refractivity contribution is 5.09. The van der Waals surface area contributed by atoms with Crippen LogP contribution in [0.5, 0.6) is 0 Å². The van der Waals surface area contributed by atoms with Gasteiger partial charge >= 0.3 is 0 Å². The van der Waals surface area contributed by atoms with E-state index in [9.17, 15) is 15.3 Å². The molecular weight excluding hydrogens is 262 g/mol. The van der Waals surface area contributed by atoms with Crippen LogP contribution in [0, 0.1) is 17.2 Å². The molecule has 0 aromatic rings. The van der Waals surface area contributed by atoms with Crippen LogP contribution in [-0.2, 0) is 9.47 Å². The molecule has 6 heteroatoms. The molecule has 1 aliphatic heterocycles. The maximum Gasteiger partial charge on any atom is 0.229 e. The highest BCUT2D eigenvalue weighted by Crippen LogP contribution is 2.38. The van der Waals surface area contributed by atoms with Gasteiger partial charge in [0.25, 0.3) is 0 Å². The number of rotatable bonds is 4. The van der Waals surface area contributed by atoms with Crippen LogP contribution in [0.2, 0.25) is 0 Å². The maximum atomic E-state index is 10.1. The Bertz CT molecular complexity index is 418. The second-order valence-electron chi connectivity index (χ2n) is 5.42. The summed E-state index contributed by atoms with van der Waals surface area (Å²) in [5, 5.41) is 38.7. The van der Waals surface area contributed by atoms with E-state index >= 15 is 0 Å². The van der Waals surface area contributed by atoms with Crippen molar-refractivity contribution >= 4 is 0 Å². The predicted molar refractivity (Wildman–Crippen MR) is 69.1 cm³/mol. The van der Waals surface area contributed by atoms with Gasteiger partial charge in [0.1, 0.15) is 17.8 Å². The number of aliphatic hydroxyl groups excluding tert-OH is 3. The van der Waals surface area contributed by atoms with Gasteiger partial charge in [-0.2, -0.15) is 5.26 Å². The number of nitriles is 1. The molecular formula is C14H21NO5. The van der Waals surface area contributed by atoms with Gasteiger partial charge in [0.2, 0.25) is 6.29 Å². The quantitative estimate of drug-likeness (QED) is 0.691. The van der Waals surface area contributed by atoms with Gasteiger partial charge in [-0.25, -0.2) is 0 Å². The van der Waals surface area contributed by atoms with Crippen molar-refractivity contribution in [3.63, 3.8) is 0 Å². The second kappa shape index (κ2) is 6.10. The molecule has 0 radical (unpaired) electrons. The van der Waals surface area contributed by atoms with Gasteiger partial charge in [-0.15, -0.1) is 0 Å². The fraction of sp³-hybridized carbons (Fsp3) is 0.786. The van der Waals surface area contributed by atoms with Gasteiger partial charge < -0.3 is 24.8 Å². The largest absolute Gasteiger partial charge is 0.467 e. The molecule has 0 spiro atoms. The Morgan fingerprint density at radius 2 is 2.30 bits per heavy atom. The van der Waals surface area contributed by atoms with E-state index in [1.807, 2.05) is 12.1 Å². The summed E-state index contributed by atoms with van der Waals surface area (Å²) in [6.45, 7) is 0.979. The lowest BCUT2D eigenvalue weighted by atomic mass is 9.85. The molecule has 0 aromatic heterocycles. The third-order valence-corrected chi connectivity index (χ3v) is 4.13. The van der Waals surface area contributed by atoms with E-state index in [2.05, 4.69) is 0 Å². The van der Waals surface area contributed by atoms with Crippen molar-refractivity contribution in [2.75, 3.05) is 6.61 Å². The molecule has 1 heterocycles. The molecule has 6 nitrogen and oxygen atoms in total. The molecule has 1 aliphatic carbocycles. The number of allylic oxidation sites excluding steroid dienone is 2. The molecule has 2 rings (SSSR count). The smallest absolute Gasteiger partial charge is 0.229 e. The molecule has 1 fully saturated rings. The van der Waals surface area contributed by atoms with E-state index in [-0.39, 0.29) is 0 Å². The van der Waals surface area contributed by atoms with Crippen molar-refractivity contribution in [1.29, 1.82) is 5.26 Å². The second-order valence-corrected chi connectivity index (χ2v) is 5.42. The molecule has 1 unspecified atom stereocenters. The number of ether oxygens (including phenoxy) is 2. The van der Waals surface area contributed by atoms with Gasteiger partial charge in [0.05, 0.1) is 24.4 Å². The average molecular weight is 283 g/mol. The van der Waals surface area contributed by atoms with E-state index in [4.69, 9.17) is 14.7 Å². The predicted octanol–water partition coefficient (Wildman–Crippen LogP) is 0.430. The van der Waals surface area contributed by atoms with Crippen molar-refractivity contribution < 1.29 is 24.8 Å². The Kier molecular flexibility index (Phi) is 4.66. The Balaban J connectivity index is 2.13. The van der Waals surface area contributed by atoms with Crippen molar-refractivity contribution in [3.8, 4) is 6.07 Å². The van der Waals surface area contributed by atoms with Crippen LogP contribution in [0.15, 0.2) is 11.8 Å². The van der Waals surface area contributed by atoms with Crippen molar-refractivity contribution in [3.05, 3.63) is 11.8 Å². The van der Waals surface area contributed by atoms with Gasteiger partial charge in [-0.3, -0.25) is 0 Å². The third-order valence-electron chi connectivity index (χ3n) is 4.13. The van der Waals surface area contributed by atoms with E-state index in [0.29, 0.717) is 0 Å². The Hall–Kier alpha value is -1.13. The molecule has 112 valence electrons. The first-order valence-electron chi connectivity index (χ1n) is 6.95. The summed E-state index contributed by atoms with van der Waals surface area (Å²) in [6.07, 6.45) is 2.03. The molecule has 20 heavy (non-hydrogen) atoms. The summed E-state index contributed by atoms with van der Waals surface area (Å²) in [5.41, 5.74) is -1.51. The molecule has 0 amide bonds. The van der Waals surface area contributed by atoms with Crippen molar-refractivity contribution in [2.24, 2.45) is 5.92 Å². The topological polar surface area (TPSA) is 103 Å². The number of hydrogen-bond donors (Lipinski definition) is 3. The highest BCUT2D eigenvalue weighted by Gasteiger charge is 2.58. The fourth-order valence-electron chi connectivity index (χ4n) is 2.69. The molecule has 3 N–H and O–H groups in total. The molecule has 1 saturated heterocycles. The van der Waals surface area contributed by atoms with Crippen LogP contribution in [0.3, 0.4) is 0 Å². The minimum atomic E-state index is -1.51. The molecule has 5 atom stereocenters. The summed E-state index contributed by atoms with van der Waals surface area (Å²) in [7, 11) is 0. The van der Waals surface area contributed by atoms with E-state index in [1.54, 1.807) is 0 Å². The fourth-order valence-corrected chi connectivity index (χ4v) is 2.69. The number of hydrogen-bond acceptors (Lipinski definition) is 6. The standard InChI is InChI=1S/C14H21NO5/c1-9(7-15)14(8-16)12(18)11(17)13(20-14)19-10-5-3-2-4-6-10/h5,9,11-13,16-18H,2-4,6,8H2,1H3/t9?,11-,12+,13+,14-/m1/s1. The summed E-state index contributed by atoms with van der Waals surface area (Å²) >= 11 is 0. The zero-order chi connectivity index (χ0) is 14.8. The van der Waals surface area contributed by atoms with E-state index < -0.39 is 36.6 Å². The first kappa shape index (κ1) is 15.3. The Morgan fingerprint density at radius 1 is 1.55 bits per heavy atom. The van der Waals surface area contributed by atoms with Crippen LogP contribution in [0.25, 0.3) is 0 Å². The minimum Gasteiger partial charge on any atom is -0.467 e. The Morgan fingerprint density at radius 3 is 2.85 bits per heavy atom. The van der Waals surface area contributed by atoms with Crippen LogP contribution in [0.1, 0.15) is 32.6 Å². The number of nitrogens with zero attached hydrogens (tertiary/aromatic N) is 1.